The van der Waals surface area contributed by atoms with Crippen molar-refractivity contribution >= 4 is 11.3 Å². The van der Waals surface area contributed by atoms with Crippen molar-refractivity contribution in [2.75, 3.05) is 6.54 Å². The third kappa shape index (κ3) is 2.70. The van der Waals surface area contributed by atoms with Crippen LogP contribution in [0.5, 0.6) is 0 Å². The highest BCUT2D eigenvalue weighted by Crippen LogP contribution is 2.37. The predicted molar refractivity (Wildman–Crippen MR) is 65.3 cm³/mol. The number of hydrogen-bond donors (Lipinski definition) is 1. The average molecular weight is 272 g/mol. The number of nitrogens with zero attached hydrogens (tertiary/aromatic N) is 1. The molecule has 0 saturated heterocycles. The molecule has 6 heteroatoms. The van der Waals surface area contributed by atoms with Gasteiger partial charge in [-0.1, -0.05) is 30.3 Å². The van der Waals surface area contributed by atoms with E-state index in [1.54, 1.807) is 24.3 Å². The maximum absolute atomic E-state index is 12.7. The molecule has 18 heavy (non-hydrogen) atoms. The van der Waals surface area contributed by atoms with Gasteiger partial charge in [-0.15, -0.1) is 11.3 Å². The summed E-state index contributed by atoms with van der Waals surface area (Å²) < 4.78 is 38.0. The summed E-state index contributed by atoms with van der Waals surface area (Å²) in [5.74, 6) is 0. The largest absolute Gasteiger partial charge is 0.443 e. The van der Waals surface area contributed by atoms with E-state index in [4.69, 9.17) is 5.73 Å². The zero-order chi connectivity index (χ0) is 13.2. The van der Waals surface area contributed by atoms with Crippen LogP contribution in [-0.2, 0) is 12.6 Å². The maximum Gasteiger partial charge on any atom is 0.443 e. The highest BCUT2D eigenvalue weighted by molar-refractivity contribution is 7.12. The molecule has 96 valence electrons. The van der Waals surface area contributed by atoms with Crippen LogP contribution in [0.3, 0.4) is 0 Å². The van der Waals surface area contributed by atoms with Gasteiger partial charge in [-0.3, -0.25) is 0 Å². The first kappa shape index (κ1) is 13.0. The topological polar surface area (TPSA) is 38.9 Å². The highest BCUT2D eigenvalue weighted by atomic mass is 32.1. The molecule has 1 heterocycles. The molecule has 1 aromatic heterocycles. The summed E-state index contributed by atoms with van der Waals surface area (Å²) in [6.45, 7) is 0.305. The molecule has 1 aromatic carbocycles. The Balaban J connectivity index is 2.49. The van der Waals surface area contributed by atoms with Gasteiger partial charge < -0.3 is 5.73 Å². The van der Waals surface area contributed by atoms with E-state index in [2.05, 4.69) is 4.98 Å². The summed E-state index contributed by atoms with van der Waals surface area (Å²) in [5.41, 5.74) is 6.50. The molecular weight excluding hydrogens is 261 g/mol. The summed E-state index contributed by atoms with van der Waals surface area (Å²) >= 11 is 0.670. The lowest BCUT2D eigenvalue weighted by atomic mass is 10.1. The van der Waals surface area contributed by atoms with E-state index >= 15 is 0 Å². The van der Waals surface area contributed by atoms with Gasteiger partial charge in [0.05, 0.1) is 5.69 Å². The first-order valence-corrected chi connectivity index (χ1v) is 6.16. The Morgan fingerprint density at radius 2 is 1.83 bits per heavy atom. The lowest BCUT2D eigenvalue weighted by Crippen LogP contribution is -2.03. The quantitative estimate of drug-likeness (QED) is 0.930. The first-order valence-electron chi connectivity index (χ1n) is 5.34. The van der Waals surface area contributed by atoms with Crippen molar-refractivity contribution in [1.82, 2.24) is 4.98 Å². The third-order valence-corrected chi connectivity index (χ3v) is 3.52. The smallest absolute Gasteiger partial charge is 0.330 e. The van der Waals surface area contributed by atoms with Gasteiger partial charge >= 0.3 is 6.18 Å². The molecule has 0 unspecified atom stereocenters. The normalized spacial score (nSPS) is 11.8. The molecule has 0 spiro atoms. The summed E-state index contributed by atoms with van der Waals surface area (Å²) in [7, 11) is 0. The van der Waals surface area contributed by atoms with Crippen LogP contribution < -0.4 is 5.73 Å². The molecule has 2 nitrogen and oxygen atoms in total. The Kier molecular flexibility index (Phi) is 3.68. The van der Waals surface area contributed by atoms with Crippen molar-refractivity contribution in [3.8, 4) is 11.3 Å². The molecule has 0 aliphatic rings. The second-order valence-electron chi connectivity index (χ2n) is 3.69. The Morgan fingerprint density at radius 3 is 2.39 bits per heavy atom. The number of halogens is 3. The van der Waals surface area contributed by atoms with Crippen LogP contribution in [0.1, 0.15) is 9.88 Å². The molecular formula is C12H11F3N2S. The van der Waals surface area contributed by atoms with E-state index in [0.29, 0.717) is 40.4 Å². The monoisotopic (exact) mass is 272 g/mol. The molecule has 0 aliphatic heterocycles. The molecule has 2 N–H and O–H groups in total. The molecule has 0 aliphatic carbocycles. The summed E-state index contributed by atoms with van der Waals surface area (Å²) in [5, 5.41) is -0.815. The van der Waals surface area contributed by atoms with Gasteiger partial charge in [0.1, 0.15) is 0 Å². The van der Waals surface area contributed by atoms with E-state index in [1.807, 2.05) is 6.07 Å². The fraction of sp³-hybridized carbons (Fsp3) is 0.250. The highest BCUT2D eigenvalue weighted by Gasteiger charge is 2.36. The second-order valence-corrected chi connectivity index (χ2v) is 4.78. The molecule has 2 aromatic rings. The van der Waals surface area contributed by atoms with Gasteiger partial charge in [-0.05, 0) is 13.0 Å². The Hall–Kier alpha value is -1.40. The Morgan fingerprint density at radius 1 is 1.17 bits per heavy atom. The van der Waals surface area contributed by atoms with Gasteiger partial charge in [-0.25, -0.2) is 4.98 Å². The van der Waals surface area contributed by atoms with E-state index in [9.17, 15) is 13.2 Å². The number of nitrogens with two attached hydrogens (primary N) is 1. The van der Waals surface area contributed by atoms with E-state index in [-0.39, 0.29) is 0 Å². The Labute approximate surface area is 106 Å². The molecule has 2 rings (SSSR count). The first-order chi connectivity index (χ1) is 8.52. The number of thiazole rings is 1. The van der Waals surface area contributed by atoms with Crippen LogP contribution in [0.15, 0.2) is 30.3 Å². The third-order valence-electron chi connectivity index (χ3n) is 2.36. The van der Waals surface area contributed by atoms with Crippen molar-refractivity contribution in [3.05, 3.63) is 40.2 Å². The van der Waals surface area contributed by atoms with E-state index < -0.39 is 11.2 Å². The van der Waals surface area contributed by atoms with Crippen LogP contribution in [0.2, 0.25) is 0 Å². The van der Waals surface area contributed by atoms with Crippen LogP contribution in [0.25, 0.3) is 11.3 Å². The van der Waals surface area contributed by atoms with Crippen molar-refractivity contribution in [2.45, 2.75) is 12.6 Å². The van der Waals surface area contributed by atoms with Crippen molar-refractivity contribution in [1.29, 1.82) is 0 Å². The SMILES string of the molecule is NCCc1sc(C(F)(F)F)nc1-c1ccccc1. The van der Waals surface area contributed by atoms with Gasteiger partial charge in [0, 0.05) is 10.4 Å². The minimum absolute atomic E-state index is 0.305. The number of rotatable bonds is 3. The van der Waals surface area contributed by atoms with Crippen molar-refractivity contribution < 1.29 is 13.2 Å². The van der Waals surface area contributed by atoms with Crippen LogP contribution in [0, 0.1) is 0 Å². The van der Waals surface area contributed by atoms with Gasteiger partial charge in [0.25, 0.3) is 0 Å². The molecule has 0 amide bonds. The number of hydrogen-bond acceptors (Lipinski definition) is 3. The minimum Gasteiger partial charge on any atom is -0.330 e. The maximum atomic E-state index is 12.7. The van der Waals surface area contributed by atoms with Gasteiger partial charge in [-0.2, -0.15) is 13.2 Å². The minimum atomic E-state index is -4.40. The molecule has 0 fully saturated rings. The van der Waals surface area contributed by atoms with Crippen LogP contribution >= 0.6 is 11.3 Å². The standard InChI is InChI=1S/C12H11F3N2S/c13-12(14,15)11-17-10(9(18-11)6-7-16)8-4-2-1-3-5-8/h1-5H,6-7,16H2. The summed E-state index contributed by atoms with van der Waals surface area (Å²) in [4.78, 5) is 4.29. The van der Waals surface area contributed by atoms with Crippen LogP contribution in [-0.4, -0.2) is 11.5 Å². The molecule has 0 atom stereocenters. The van der Waals surface area contributed by atoms with Gasteiger partial charge in [0.2, 0.25) is 0 Å². The number of aromatic nitrogens is 1. The second kappa shape index (κ2) is 5.07. The van der Waals surface area contributed by atoms with Gasteiger partial charge in [0.15, 0.2) is 5.01 Å². The molecule has 0 saturated carbocycles. The summed E-state index contributed by atoms with van der Waals surface area (Å²) in [6.07, 6.45) is -4.00. The lowest BCUT2D eigenvalue weighted by molar-refractivity contribution is -0.137. The van der Waals surface area contributed by atoms with E-state index in [0.717, 1.165) is 0 Å². The number of alkyl halides is 3. The van der Waals surface area contributed by atoms with Crippen molar-refractivity contribution in [3.63, 3.8) is 0 Å². The van der Waals surface area contributed by atoms with E-state index in [1.165, 1.54) is 0 Å². The number of benzene rings is 1. The van der Waals surface area contributed by atoms with Crippen molar-refractivity contribution in [2.24, 2.45) is 5.73 Å². The molecule has 0 radical (unpaired) electrons. The average Bonchev–Trinajstić information content (AvgIpc) is 2.75. The fourth-order valence-electron chi connectivity index (χ4n) is 1.60. The predicted octanol–water partition coefficient (Wildman–Crippen LogP) is 3.33. The Bertz CT molecular complexity index is 520. The molecule has 0 bridgehead atoms. The lowest BCUT2D eigenvalue weighted by Gasteiger charge is -2.00. The summed E-state index contributed by atoms with van der Waals surface area (Å²) in [6, 6.07) is 8.84. The zero-order valence-corrected chi connectivity index (χ0v) is 10.2. The zero-order valence-electron chi connectivity index (χ0n) is 9.37. The van der Waals surface area contributed by atoms with Crippen LogP contribution in [0.4, 0.5) is 13.2 Å². The fourth-order valence-corrected chi connectivity index (χ4v) is 2.56.